The molecule has 0 fully saturated rings. The third-order valence-electron chi connectivity index (χ3n) is 4.54. The molecule has 4 aromatic rings. The molecule has 0 unspecified atom stereocenters. The predicted molar refractivity (Wildman–Crippen MR) is 115 cm³/mol. The zero-order valence-corrected chi connectivity index (χ0v) is 16.6. The molecular weight excluding hydrogens is 380 g/mol. The molecule has 150 valence electrons. The molecule has 0 radical (unpaired) electrons. The van der Waals surface area contributed by atoms with Gasteiger partial charge in [0.2, 0.25) is 5.91 Å². The monoisotopic (exact) mass is 400 g/mol. The molecule has 0 atom stereocenters. The van der Waals surface area contributed by atoms with Crippen molar-refractivity contribution in [2.24, 2.45) is 0 Å². The predicted octanol–water partition coefficient (Wildman–Crippen LogP) is 4.80. The summed E-state index contributed by atoms with van der Waals surface area (Å²) in [5.74, 6) is 0.432. The SMILES string of the molecule is CCC(=O)Nc1ccc2oc(C(=O)Nc3cccc(-c4ccnc(C)n4)c3)cc2c1. The summed E-state index contributed by atoms with van der Waals surface area (Å²) < 4.78 is 5.67. The molecule has 30 heavy (non-hydrogen) atoms. The van der Waals surface area contributed by atoms with Crippen molar-refractivity contribution < 1.29 is 14.0 Å². The fraction of sp³-hybridized carbons (Fsp3) is 0.130. The number of aryl methyl sites for hydroxylation is 1. The van der Waals surface area contributed by atoms with Crippen molar-refractivity contribution >= 4 is 34.2 Å². The van der Waals surface area contributed by atoms with Crippen LogP contribution in [-0.2, 0) is 4.79 Å². The Bertz CT molecular complexity index is 1250. The van der Waals surface area contributed by atoms with Gasteiger partial charge < -0.3 is 15.1 Å². The fourth-order valence-electron chi connectivity index (χ4n) is 3.05. The summed E-state index contributed by atoms with van der Waals surface area (Å²) in [6.07, 6.45) is 2.10. The number of fused-ring (bicyclic) bond motifs is 1. The van der Waals surface area contributed by atoms with Crippen LogP contribution in [0.15, 0.2) is 65.2 Å². The van der Waals surface area contributed by atoms with Gasteiger partial charge >= 0.3 is 0 Å². The third-order valence-corrected chi connectivity index (χ3v) is 4.54. The molecule has 0 aliphatic rings. The van der Waals surface area contributed by atoms with Crippen molar-refractivity contribution in [1.82, 2.24) is 9.97 Å². The van der Waals surface area contributed by atoms with Crippen molar-refractivity contribution in [3.63, 3.8) is 0 Å². The van der Waals surface area contributed by atoms with E-state index in [0.717, 1.165) is 16.6 Å². The zero-order chi connectivity index (χ0) is 21.1. The van der Waals surface area contributed by atoms with Crippen LogP contribution in [0.2, 0.25) is 0 Å². The Balaban J connectivity index is 1.54. The Hall–Kier alpha value is -4.00. The van der Waals surface area contributed by atoms with Gasteiger partial charge in [-0.05, 0) is 49.4 Å². The normalized spacial score (nSPS) is 10.7. The summed E-state index contributed by atoms with van der Waals surface area (Å²) >= 11 is 0. The second-order valence-electron chi connectivity index (χ2n) is 6.79. The smallest absolute Gasteiger partial charge is 0.291 e. The number of carbonyl (C=O) groups is 2. The standard InChI is InChI=1S/C23H20N4O3/c1-3-22(28)26-18-7-8-20-16(12-18)13-21(30-20)23(29)27-17-6-4-5-15(11-17)19-9-10-24-14(2)25-19/h4-13H,3H2,1-2H3,(H,26,28)(H,27,29). The van der Waals surface area contributed by atoms with E-state index in [0.29, 0.717) is 29.2 Å². The molecule has 2 N–H and O–H groups in total. The van der Waals surface area contributed by atoms with E-state index in [4.69, 9.17) is 4.42 Å². The number of nitrogens with one attached hydrogen (secondary N) is 2. The first kappa shape index (κ1) is 19.3. The number of rotatable bonds is 5. The van der Waals surface area contributed by atoms with Gasteiger partial charge in [0.05, 0.1) is 5.69 Å². The lowest BCUT2D eigenvalue weighted by Gasteiger charge is -2.06. The van der Waals surface area contributed by atoms with Gasteiger partial charge in [0.25, 0.3) is 5.91 Å². The van der Waals surface area contributed by atoms with Crippen LogP contribution in [0.4, 0.5) is 11.4 Å². The molecule has 0 saturated carbocycles. The highest BCUT2D eigenvalue weighted by Crippen LogP contribution is 2.25. The fourth-order valence-corrected chi connectivity index (χ4v) is 3.05. The van der Waals surface area contributed by atoms with Gasteiger partial charge in [0, 0.05) is 34.9 Å². The molecule has 0 aliphatic heterocycles. The van der Waals surface area contributed by atoms with E-state index in [1.165, 1.54) is 0 Å². The largest absolute Gasteiger partial charge is 0.451 e. The summed E-state index contributed by atoms with van der Waals surface area (Å²) in [4.78, 5) is 32.8. The maximum absolute atomic E-state index is 12.7. The van der Waals surface area contributed by atoms with Crippen LogP contribution in [-0.4, -0.2) is 21.8 Å². The first-order valence-corrected chi connectivity index (χ1v) is 9.56. The number of furan rings is 1. The maximum atomic E-state index is 12.7. The molecule has 7 heteroatoms. The van der Waals surface area contributed by atoms with Gasteiger partial charge in [-0.15, -0.1) is 0 Å². The lowest BCUT2D eigenvalue weighted by Crippen LogP contribution is -2.10. The average molecular weight is 400 g/mol. The van der Waals surface area contributed by atoms with Gasteiger partial charge in [-0.25, -0.2) is 9.97 Å². The molecule has 0 aliphatic carbocycles. The number of hydrogen-bond acceptors (Lipinski definition) is 5. The van der Waals surface area contributed by atoms with E-state index < -0.39 is 0 Å². The minimum absolute atomic E-state index is 0.0745. The van der Waals surface area contributed by atoms with Crippen molar-refractivity contribution in [3.8, 4) is 11.3 Å². The topological polar surface area (TPSA) is 97.1 Å². The second-order valence-corrected chi connectivity index (χ2v) is 6.79. The molecule has 2 heterocycles. The van der Waals surface area contributed by atoms with Crippen LogP contribution in [0, 0.1) is 6.92 Å². The molecule has 0 saturated heterocycles. The minimum Gasteiger partial charge on any atom is -0.451 e. The lowest BCUT2D eigenvalue weighted by atomic mass is 10.1. The summed E-state index contributed by atoms with van der Waals surface area (Å²) in [5.41, 5.74) is 3.52. The summed E-state index contributed by atoms with van der Waals surface area (Å²) in [7, 11) is 0. The van der Waals surface area contributed by atoms with Crippen LogP contribution in [0.25, 0.3) is 22.2 Å². The van der Waals surface area contributed by atoms with Gasteiger partial charge in [-0.3, -0.25) is 9.59 Å². The quantitative estimate of drug-likeness (QED) is 0.502. The van der Waals surface area contributed by atoms with Gasteiger partial charge in [0.1, 0.15) is 11.4 Å². The Morgan fingerprint density at radius 1 is 1.00 bits per heavy atom. The molecule has 0 bridgehead atoms. The number of nitrogens with zero attached hydrogens (tertiary/aromatic N) is 2. The van der Waals surface area contributed by atoms with Crippen LogP contribution in [0.1, 0.15) is 29.7 Å². The molecule has 0 spiro atoms. The second kappa shape index (κ2) is 8.16. The molecule has 2 aromatic carbocycles. The summed E-state index contributed by atoms with van der Waals surface area (Å²) in [5, 5.41) is 6.39. The maximum Gasteiger partial charge on any atom is 0.291 e. The summed E-state index contributed by atoms with van der Waals surface area (Å²) in [6.45, 7) is 3.62. The third kappa shape index (κ3) is 4.20. The van der Waals surface area contributed by atoms with E-state index >= 15 is 0 Å². The number of amides is 2. The Labute approximate surface area is 173 Å². The first-order valence-electron chi connectivity index (χ1n) is 9.56. The van der Waals surface area contributed by atoms with E-state index in [-0.39, 0.29) is 17.6 Å². The lowest BCUT2D eigenvalue weighted by molar-refractivity contribution is -0.115. The minimum atomic E-state index is -0.360. The number of anilines is 2. The van der Waals surface area contributed by atoms with Gasteiger partial charge in [0.15, 0.2) is 5.76 Å². The zero-order valence-electron chi connectivity index (χ0n) is 16.6. The first-order chi connectivity index (χ1) is 14.5. The van der Waals surface area contributed by atoms with E-state index in [1.807, 2.05) is 31.2 Å². The molecule has 2 amide bonds. The Morgan fingerprint density at radius 2 is 1.83 bits per heavy atom. The molecule has 4 rings (SSSR count). The number of aromatic nitrogens is 2. The van der Waals surface area contributed by atoms with Gasteiger partial charge in [-0.1, -0.05) is 19.1 Å². The number of hydrogen-bond donors (Lipinski definition) is 2. The Morgan fingerprint density at radius 3 is 2.63 bits per heavy atom. The van der Waals surface area contributed by atoms with E-state index in [1.54, 1.807) is 43.5 Å². The van der Waals surface area contributed by atoms with E-state index in [9.17, 15) is 9.59 Å². The van der Waals surface area contributed by atoms with Crippen LogP contribution >= 0.6 is 0 Å². The Kier molecular flexibility index (Phi) is 5.26. The highest BCUT2D eigenvalue weighted by molar-refractivity contribution is 6.05. The van der Waals surface area contributed by atoms with Crippen LogP contribution in [0.3, 0.4) is 0 Å². The number of carbonyl (C=O) groups excluding carboxylic acids is 2. The van der Waals surface area contributed by atoms with Gasteiger partial charge in [-0.2, -0.15) is 0 Å². The van der Waals surface area contributed by atoms with Crippen LogP contribution < -0.4 is 10.6 Å². The van der Waals surface area contributed by atoms with Crippen molar-refractivity contribution in [3.05, 3.63) is 72.4 Å². The number of benzene rings is 2. The van der Waals surface area contributed by atoms with Crippen LogP contribution in [0.5, 0.6) is 0 Å². The van der Waals surface area contributed by atoms with E-state index in [2.05, 4.69) is 20.6 Å². The van der Waals surface area contributed by atoms with Crippen molar-refractivity contribution in [2.45, 2.75) is 20.3 Å². The molecule has 7 nitrogen and oxygen atoms in total. The average Bonchev–Trinajstić information content (AvgIpc) is 3.17. The van der Waals surface area contributed by atoms with Crippen molar-refractivity contribution in [2.75, 3.05) is 10.6 Å². The van der Waals surface area contributed by atoms with Crippen molar-refractivity contribution in [1.29, 1.82) is 0 Å². The summed E-state index contributed by atoms with van der Waals surface area (Å²) in [6, 6.07) is 16.2. The highest BCUT2D eigenvalue weighted by Gasteiger charge is 2.14. The highest BCUT2D eigenvalue weighted by atomic mass is 16.3. The molecular formula is C23H20N4O3. The molecule has 2 aromatic heterocycles.